The van der Waals surface area contributed by atoms with Crippen LogP contribution >= 0.6 is 0 Å². The highest BCUT2D eigenvalue weighted by Gasteiger charge is 2.29. The molecule has 0 aliphatic heterocycles. The van der Waals surface area contributed by atoms with Gasteiger partial charge in [0.25, 0.3) is 0 Å². The van der Waals surface area contributed by atoms with Crippen LogP contribution in [-0.2, 0) is 20.0 Å². The van der Waals surface area contributed by atoms with Gasteiger partial charge < -0.3 is 0 Å². The van der Waals surface area contributed by atoms with Crippen LogP contribution in [0.25, 0.3) is 44.3 Å². The van der Waals surface area contributed by atoms with E-state index in [0.29, 0.717) is 44.3 Å². The summed E-state index contributed by atoms with van der Waals surface area (Å²) in [5.41, 5.74) is 4.31. The molecule has 0 spiro atoms. The third-order valence-corrected chi connectivity index (χ3v) is 6.77. The van der Waals surface area contributed by atoms with Crippen LogP contribution in [0.4, 0.5) is 0 Å². The van der Waals surface area contributed by atoms with Gasteiger partial charge in [-0.05, 0) is 54.3 Å². The van der Waals surface area contributed by atoms with Gasteiger partial charge in [-0.1, -0.05) is 6.07 Å². The Morgan fingerprint density at radius 3 is 1.76 bits per heavy atom. The van der Waals surface area contributed by atoms with E-state index < -0.39 is 20.0 Å². The summed E-state index contributed by atoms with van der Waals surface area (Å²) in [5, 5.41) is 11.7. The Bertz CT molecular complexity index is 1610. The zero-order chi connectivity index (χ0) is 20.7. The molecule has 0 saturated carbocycles. The van der Waals surface area contributed by atoms with Crippen molar-refractivity contribution in [3.8, 4) is 22.5 Å². The number of aryl methyl sites for hydroxylation is 1. The molecule has 1 heterocycles. The Kier molecular flexibility index (Phi) is 3.48. The lowest BCUT2D eigenvalue weighted by Gasteiger charge is -2.07. The second-order valence-corrected chi connectivity index (χ2v) is 10.2. The number of sulfonamides is 2. The number of nitrogens with zero attached hydrogens (tertiary/aromatic N) is 2. The van der Waals surface area contributed by atoms with Gasteiger partial charge in [-0.15, -0.1) is 0 Å². The molecule has 1 aliphatic carbocycles. The Labute approximate surface area is 166 Å². The molecule has 146 valence electrons. The Balaban J connectivity index is 1.99. The van der Waals surface area contributed by atoms with Gasteiger partial charge in [-0.2, -0.15) is 0 Å². The van der Waals surface area contributed by atoms with Gasteiger partial charge in [0.05, 0.1) is 32.2 Å². The molecule has 0 bridgehead atoms. The normalized spacial score (nSPS) is 13.2. The molecule has 4 N–H and O–H groups in total. The quantitative estimate of drug-likeness (QED) is 0.441. The van der Waals surface area contributed by atoms with Crippen molar-refractivity contribution in [3.05, 3.63) is 48.0 Å². The number of benzene rings is 3. The first kappa shape index (κ1) is 18.1. The van der Waals surface area contributed by atoms with Gasteiger partial charge in [0.2, 0.25) is 20.0 Å². The number of nitrogens with two attached hydrogens (primary N) is 2. The predicted octanol–water partition coefficient (Wildman–Crippen LogP) is 2.03. The molecule has 0 unspecified atom stereocenters. The summed E-state index contributed by atoms with van der Waals surface area (Å²) in [7, 11) is -8.06. The third kappa shape index (κ3) is 2.72. The van der Waals surface area contributed by atoms with Gasteiger partial charge >= 0.3 is 0 Å². The fourth-order valence-electron chi connectivity index (χ4n) is 3.70. The minimum Gasteiger partial charge on any atom is -0.244 e. The Morgan fingerprint density at radius 2 is 1.24 bits per heavy atom. The number of fused-ring (bicyclic) bond motifs is 4. The van der Waals surface area contributed by atoms with Crippen LogP contribution in [0.1, 0.15) is 5.56 Å². The standard InChI is InChI=1S/C19H14N4O4S2/c1-9-2-3-15-16(4-9)23-19-14-8-12(29(21,26)27)6-10-5-11(28(20,24)25)7-13(17(10)14)18(19)22-15/h2-8H,1H3,(H2,20,24,25)(H2,21,26,27). The van der Waals surface area contributed by atoms with Gasteiger partial charge in [0, 0.05) is 16.5 Å². The first-order valence-electron chi connectivity index (χ1n) is 8.49. The first-order chi connectivity index (χ1) is 13.5. The molecule has 0 amide bonds. The van der Waals surface area contributed by atoms with Gasteiger partial charge in [-0.3, -0.25) is 0 Å². The van der Waals surface area contributed by atoms with Crippen molar-refractivity contribution < 1.29 is 16.8 Å². The van der Waals surface area contributed by atoms with E-state index in [4.69, 9.17) is 15.3 Å². The average molecular weight is 426 g/mol. The van der Waals surface area contributed by atoms with Crippen molar-refractivity contribution in [3.63, 3.8) is 0 Å². The van der Waals surface area contributed by atoms with E-state index in [1.165, 1.54) is 24.3 Å². The van der Waals surface area contributed by atoms with Crippen LogP contribution in [0.3, 0.4) is 0 Å². The minimum absolute atomic E-state index is 0.142. The summed E-state index contributed by atoms with van der Waals surface area (Å²) in [5.74, 6) is 0. The SMILES string of the molecule is Cc1ccc2nc3c(nc2c1)-c1cc(S(N)(=O)=O)cc2cc(S(N)(=O)=O)cc-3c12. The molecular weight excluding hydrogens is 412 g/mol. The van der Waals surface area contributed by atoms with E-state index in [1.807, 2.05) is 25.1 Å². The van der Waals surface area contributed by atoms with Crippen molar-refractivity contribution in [1.29, 1.82) is 0 Å². The highest BCUT2D eigenvalue weighted by atomic mass is 32.2. The monoisotopic (exact) mass is 426 g/mol. The van der Waals surface area contributed by atoms with Crippen LogP contribution in [-0.4, -0.2) is 26.8 Å². The number of rotatable bonds is 2. The summed E-state index contributed by atoms with van der Waals surface area (Å²) < 4.78 is 48.0. The lowest BCUT2D eigenvalue weighted by Crippen LogP contribution is -2.13. The van der Waals surface area contributed by atoms with Crippen molar-refractivity contribution >= 4 is 41.9 Å². The maximum atomic E-state index is 12.0. The molecule has 0 saturated heterocycles. The van der Waals surface area contributed by atoms with Crippen molar-refractivity contribution in [2.75, 3.05) is 0 Å². The van der Waals surface area contributed by atoms with Crippen molar-refractivity contribution in [1.82, 2.24) is 9.97 Å². The molecule has 4 aromatic rings. The molecule has 1 aliphatic rings. The van der Waals surface area contributed by atoms with Crippen LogP contribution in [0, 0.1) is 6.92 Å². The van der Waals surface area contributed by atoms with Gasteiger partial charge in [0.15, 0.2) is 0 Å². The molecule has 0 atom stereocenters. The minimum atomic E-state index is -4.03. The average Bonchev–Trinajstić information content (AvgIpc) is 2.93. The zero-order valence-corrected chi connectivity index (χ0v) is 16.7. The lowest BCUT2D eigenvalue weighted by molar-refractivity contribution is 0.596. The molecule has 0 fully saturated rings. The number of primary sulfonamides is 2. The van der Waals surface area contributed by atoms with E-state index in [1.54, 1.807) is 0 Å². The van der Waals surface area contributed by atoms with E-state index in [0.717, 1.165) is 5.56 Å². The molecule has 10 heteroatoms. The van der Waals surface area contributed by atoms with E-state index >= 15 is 0 Å². The second-order valence-electron chi connectivity index (χ2n) is 7.04. The van der Waals surface area contributed by atoms with Crippen LogP contribution in [0.5, 0.6) is 0 Å². The Morgan fingerprint density at radius 1 is 0.724 bits per heavy atom. The molecule has 29 heavy (non-hydrogen) atoms. The smallest absolute Gasteiger partial charge is 0.238 e. The van der Waals surface area contributed by atoms with E-state index in [9.17, 15) is 16.8 Å². The summed E-state index contributed by atoms with van der Waals surface area (Å²) in [6.45, 7) is 1.93. The number of aromatic nitrogens is 2. The lowest BCUT2D eigenvalue weighted by atomic mass is 10.0. The van der Waals surface area contributed by atoms with Crippen LogP contribution in [0.2, 0.25) is 0 Å². The maximum Gasteiger partial charge on any atom is 0.238 e. The third-order valence-electron chi connectivity index (χ3n) is 4.98. The van der Waals surface area contributed by atoms with Gasteiger partial charge in [-0.25, -0.2) is 37.1 Å². The second kappa shape index (κ2) is 5.57. The maximum absolute atomic E-state index is 12.0. The molecule has 3 aromatic carbocycles. The highest BCUT2D eigenvalue weighted by Crippen LogP contribution is 2.47. The zero-order valence-electron chi connectivity index (χ0n) is 15.0. The molecule has 0 radical (unpaired) electrons. The highest BCUT2D eigenvalue weighted by molar-refractivity contribution is 7.89. The molecule has 1 aromatic heterocycles. The number of hydrogen-bond acceptors (Lipinski definition) is 6. The van der Waals surface area contributed by atoms with Crippen LogP contribution in [0.15, 0.2) is 52.3 Å². The fourth-order valence-corrected chi connectivity index (χ4v) is 4.85. The Hall–Kier alpha value is -2.92. The molecular formula is C19H14N4O4S2. The largest absolute Gasteiger partial charge is 0.244 e. The predicted molar refractivity (Wildman–Crippen MR) is 109 cm³/mol. The van der Waals surface area contributed by atoms with Gasteiger partial charge in [0.1, 0.15) is 0 Å². The summed E-state index contributed by atoms with van der Waals surface area (Å²) in [6, 6.07) is 11.2. The summed E-state index contributed by atoms with van der Waals surface area (Å²) >= 11 is 0. The number of hydrogen-bond donors (Lipinski definition) is 2. The summed E-state index contributed by atoms with van der Waals surface area (Å²) in [6.07, 6.45) is 0. The van der Waals surface area contributed by atoms with Crippen molar-refractivity contribution in [2.45, 2.75) is 16.7 Å². The van der Waals surface area contributed by atoms with E-state index in [2.05, 4.69) is 4.98 Å². The van der Waals surface area contributed by atoms with E-state index in [-0.39, 0.29) is 9.79 Å². The van der Waals surface area contributed by atoms with Crippen LogP contribution < -0.4 is 10.3 Å². The summed E-state index contributed by atoms with van der Waals surface area (Å²) in [4.78, 5) is 9.08. The first-order valence-corrected chi connectivity index (χ1v) is 11.6. The molecule has 5 rings (SSSR count). The topological polar surface area (TPSA) is 146 Å². The van der Waals surface area contributed by atoms with Crippen molar-refractivity contribution in [2.24, 2.45) is 10.3 Å². The molecule has 8 nitrogen and oxygen atoms in total. The fraction of sp³-hybridized carbons (Fsp3) is 0.0526.